The summed E-state index contributed by atoms with van der Waals surface area (Å²) in [6.45, 7) is 5.46. The lowest BCUT2D eigenvalue weighted by molar-refractivity contribution is -0.385. The first-order valence-electron chi connectivity index (χ1n) is 6.00. The second-order valence-corrected chi connectivity index (χ2v) is 6.65. The maximum atomic E-state index is 10.4. The molecule has 0 radical (unpaired) electrons. The van der Waals surface area contributed by atoms with Gasteiger partial charge in [0.1, 0.15) is 5.02 Å². The Labute approximate surface area is 162 Å². The molecule has 0 amide bonds. The van der Waals surface area contributed by atoms with E-state index >= 15 is 0 Å². The molecule has 1 aromatic carbocycles. The van der Waals surface area contributed by atoms with Gasteiger partial charge in [-0.2, -0.15) is 0 Å². The Bertz CT molecular complexity index is 669. The van der Waals surface area contributed by atoms with Gasteiger partial charge in [0.2, 0.25) is 5.75 Å². The smallest absolute Gasteiger partial charge is 0.332 e. The number of rotatable bonds is 4. The molecule has 0 heterocycles. The largest absolute Gasteiger partial charge is 0.501 e. The fourth-order valence-corrected chi connectivity index (χ4v) is 2.79. The Balaban J connectivity index is 0.000000449. The van der Waals surface area contributed by atoms with Gasteiger partial charge in [0.25, 0.3) is 0 Å². The molecule has 0 fully saturated rings. The molecular formula is C13H13Cl4N3O3S. The van der Waals surface area contributed by atoms with Gasteiger partial charge in [0.05, 0.1) is 15.0 Å². The summed E-state index contributed by atoms with van der Waals surface area (Å²) < 4.78 is 0. The highest BCUT2D eigenvalue weighted by Crippen LogP contribution is 2.43. The predicted molar refractivity (Wildman–Crippen MR) is 103 cm³/mol. The zero-order chi connectivity index (χ0) is 19.0. The van der Waals surface area contributed by atoms with Gasteiger partial charge in [-0.3, -0.25) is 15.5 Å². The summed E-state index contributed by atoms with van der Waals surface area (Å²) in [4.78, 5) is 9.54. The molecule has 0 saturated heterocycles. The van der Waals surface area contributed by atoms with Crippen molar-refractivity contribution in [1.82, 2.24) is 0 Å². The van der Waals surface area contributed by atoms with E-state index in [0.717, 1.165) is 11.6 Å². The van der Waals surface area contributed by atoms with E-state index in [-0.39, 0.29) is 20.2 Å². The second kappa shape index (κ2) is 10.7. The van der Waals surface area contributed by atoms with E-state index in [1.54, 1.807) is 0 Å². The lowest BCUT2D eigenvalue weighted by atomic mass is 10.3. The summed E-state index contributed by atoms with van der Waals surface area (Å²) >= 11 is 23.3. The van der Waals surface area contributed by atoms with Gasteiger partial charge >= 0.3 is 5.69 Å². The highest BCUT2D eigenvalue weighted by molar-refractivity contribution is 8.13. The maximum Gasteiger partial charge on any atom is 0.332 e. The van der Waals surface area contributed by atoms with Crippen LogP contribution < -0.4 is 5.73 Å². The van der Waals surface area contributed by atoms with Gasteiger partial charge in [-0.15, -0.1) is 0 Å². The number of hydrogen-bond donors (Lipinski definition) is 3. The van der Waals surface area contributed by atoms with Crippen molar-refractivity contribution >= 4 is 69.0 Å². The number of phenols is 1. The molecule has 0 aromatic heterocycles. The van der Waals surface area contributed by atoms with Gasteiger partial charge in [-0.1, -0.05) is 70.8 Å². The standard InChI is InChI=1S/C7H11ClN2S.C6H2Cl3NO3/c1-3-6(5(2)8)4-11-7(9)10;7-2-1-3(8)6(11)5(4(2)9)10(12)13/h3H,2,4H2,1H3,(H3,9,10);1,11H. The van der Waals surface area contributed by atoms with Crippen molar-refractivity contribution in [2.45, 2.75) is 6.92 Å². The first-order valence-corrected chi connectivity index (χ1v) is 8.50. The average Bonchev–Trinajstić information content (AvgIpc) is 2.45. The van der Waals surface area contributed by atoms with Crippen molar-refractivity contribution in [3.05, 3.63) is 54.5 Å². The molecule has 0 spiro atoms. The SMILES string of the molecule is C=C(Cl)C(=CC)CSC(=N)N.O=[N+]([O-])c1c(O)c(Cl)cc(Cl)c1Cl. The third-order valence-corrected chi connectivity index (χ3v) is 4.46. The first-order chi connectivity index (χ1) is 11.0. The van der Waals surface area contributed by atoms with E-state index < -0.39 is 16.4 Å². The summed E-state index contributed by atoms with van der Waals surface area (Å²) in [5, 5.41) is 26.5. The van der Waals surface area contributed by atoms with Crippen LogP contribution in [0.2, 0.25) is 15.1 Å². The van der Waals surface area contributed by atoms with E-state index in [1.807, 2.05) is 13.0 Å². The Morgan fingerprint density at radius 1 is 1.50 bits per heavy atom. The molecule has 11 heteroatoms. The summed E-state index contributed by atoms with van der Waals surface area (Å²) in [5.41, 5.74) is 5.38. The Kier molecular flexibility index (Phi) is 10.2. The van der Waals surface area contributed by atoms with Crippen LogP contribution >= 0.6 is 58.2 Å². The van der Waals surface area contributed by atoms with Gasteiger partial charge in [0, 0.05) is 10.8 Å². The van der Waals surface area contributed by atoms with Crippen molar-refractivity contribution in [2.75, 3.05) is 5.75 Å². The molecule has 0 aliphatic carbocycles. The van der Waals surface area contributed by atoms with Crippen molar-refractivity contribution in [3.63, 3.8) is 0 Å². The topological polar surface area (TPSA) is 113 Å². The van der Waals surface area contributed by atoms with Crippen LogP contribution in [0.3, 0.4) is 0 Å². The quantitative estimate of drug-likeness (QED) is 0.143. The van der Waals surface area contributed by atoms with Crippen LogP contribution in [0.1, 0.15) is 6.92 Å². The molecule has 4 N–H and O–H groups in total. The van der Waals surface area contributed by atoms with Crippen molar-refractivity contribution in [3.8, 4) is 5.75 Å². The molecule has 0 atom stereocenters. The summed E-state index contributed by atoms with van der Waals surface area (Å²) in [5.74, 6) is -0.0604. The van der Waals surface area contributed by atoms with Gasteiger partial charge < -0.3 is 10.8 Å². The number of benzene rings is 1. The zero-order valence-corrected chi connectivity index (χ0v) is 16.1. The van der Waals surface area contributed by atoms with Gasteiger partial charge in [-0.25, -0.2) is 0 Å². The number of nitrogens with zero attached hydrogens (tertiary/aromatic N) is 1. The number of thioether (sulfide) groups is 1. The van der Waals surface area contributed by atoms with E-state index in [1.165, 1.54) is 11.8 Å². The van der Waals surface area contributed by atoms with Crippen molar-refractivity contribution in [1.29, 1.82) is 5.41 Å². The van der Waals surface area contributed by atoms with Crippen molar-refractivity contribution in [2.24, 2.45) is 5.73 Å². The molecule has 0 saturated carbocycles. The van der Waals surface area contributed by atoms with Crippen LogP contribution in [0.25, 0.3) is 0 Å². The number of nitro benzene ring substituents is 1. The molecule has 1 aromatic rings. The number of aromatic hydroxyl groups is 1. The maximum absolute atomic E-state index is 10.4. The molecular weight excluding hydrogens is 420 g/mol. The Morgan fingerprint density at radius 3 is 2.42 bits per heavy atom. The summed E-state index contributed by atoms with van der Waals surface area (Å²) in [7, 11) is 0. The lowest BCUT2D eigenvalue weighted by Gasteiger charge is -2.01. The first kappa shape index (κ1) is 22.9. The molecule has 6 nitrogen and oxygen atoms in total. The van der Waals surface area contributed by atoms with Crippen LogP contribution in [0, 0.1) is 15.5 Å². The summed E-state index contributed by atoms with van der Waals surface area (Å²) in [6.07, 6.45) is 1.87. The molecule has 0 aliphatic heterocycles. The fraction of sp³-hybridized carbons (Fsp3) is 0.154. The second-order valence-electron chi connectivity index (χ2n) is 3.98. The van der Waals surface area contributed by atoms with Crippen LogP contribution in [0.15, 0.2) is 29.3 Å². The van der Waals surface area contributed by atoms with Crippen LogP contribution in [-0.2, 0) is 0 Å². The molecule has 0 unspecified atom stereocenters. The van der Waals surface area contributed by atoms with E-state index in [4.69, 9.17) is 62.7 Å². The monoisotopic (exact) mass is 431 g/mol. The number of nitrogens with two attached hydrogens (primary N) is 1. The fourth-order valence-electron chi connectivity index (χ4n) is 1.21. The molecule has 132 valence electrons. The predicted octanol–water partition coefficient (Wildman–Crippen LogP) is 5.57. The third-order valence-electron chi connectivity index (χ3n) is 2.38. The van der Waals surface area contributed by atoms with Crippen LogP contribution in [0.4, 0.5) is 5.69 Å². The number of nitro groups is 1. The molecule has 24 heavy (non-hydrogen) atoms. The third kappa shape index (κ3) is 7.19. The number of nitrogens with one attached hydrogen (secondary N) is 1. The number of allylic oxidation sites excluding steroid dienone is 2. The Hall–Kier alpha value is -1.12. The average molecular weight is 433 g/mol. The number of amidine groups is 1. The van der Waals surface area contributed by atoms with Crippen LogP contribution in [0.5, 0.6) is 5.75 Å². The lowest BCUT2D eigenvalue weighted by Crippen LogP contribution is -2.05. The minimum atomic E-state index is -0.852. The summed E-state index contributed by atoms with van der Waals surface area (Å²) in [6, 6.07) is 1.13. The van der Waals surface area contributed by atoms with Gasteiger partial charge in [0.15, 0.2) is 5.17 Å². The Morgan fingerprint density at radius 2 is 2.04 bits per heavy atom. The highest BCUT2D eigenvalue weighted by atomic mass is 35.5. The minimum Gasteiger partial charge on any atom is -0.501 e. The van der Waals surface area contributed by atoms with E-state index in [9.17, 15) is 10.1 Å². The minimum absolute atomic E-state index is 0.0730. The number of halogens is 4. The van der Waals surface area contributed by atoms with E-state index in [0.29, 0.717) is 10.8 Å². The number of hydrogen-bond acceptors (Lipinski definition) is 5. The molecule has 0 aliphatic rings. The zero-order valence-electron chi connectivity index (χ0n) is 12.3. The molecule has 0 bridgehead atoms. The molecule has 1 rings (SSSR count). The van der Waals surface area contributed by atoms with Crippen molar-refractivity contribution < 1.29 is 10.0 Å². The van der Waals surface area contributed by atoms with Gasteiger partial charge in [-0.05, 0) is 18.6 Å². The van der Waals surface area contributed by atoms with Crippen LogP contribution in [-0.4, -0.2) is 21.0 Å². The van der Waals surface area contributed by atoms with E-state index in [2.05, 4.69) is 6.58 Å². The number of phenolic OH excluding ortho intramolecular Hbond substituents is 1. The highest BCUT2D eigenvalue weighted by Gasteiger charge is 2.24. The normalized spacial score (nSPS) is 10.6.